The molecule has 12 rings (SSSR count). The van der Waals surface area contributed by atoms with Crippen molar-refractivity contribution in [1.82, 2.24) is 0 Å². The zero-order valence-electron chi connectivity index (χ0n) is 31.3. The fourth-order valence-electron chi connectivity index (χ4n) is 13.0. The summed E-state index contributed by atoms with van der Waals surface area (Å²) in [7, 11) is 0. The maximum atomic E-state index is 12.4. The van der Waals surface area contributed by atoms with Crippen LogP contribution in [0.2, 0.25) is 0 Å². The van der Waals surface area contributed by atoms with Crippen LogP contribution in [0.3, 0.4) is 0 Å². The van der Waals surface area contributed by atoms with Gasteiger partial charge in [0.05, 0.1) is 0 Å². The second-order valence-corrected chi connectivity index (χ2v) is 18.7. The van der Waals surface area contributed by atoms with E-state index in [4.69, 9.17) is 0 Å². The van der Waals surface area contributed by atoms with E-state index in [0.29, 0.717) is 28.4 Å². The average molecular weight is 707 g/mol. The summed E-state index contributed by atoms with van der Waals surface area (Å²) in [5.74, 6) is 9.05. The predicted molar refractivity (Wildman–Crippen MR) is 221 cm³/mol. The van der Waals surface area contributed by atoms with Crippen molar-refractivity contribution >= 4 is 21.5 Å². The van der Waals surface area contributed by atoms with Gasteiger partial charge < -0.3 is 10.2 Å². The zero-order valence-corrected chi connectivity index (χ0v) is 31.3. The summed E-state index contributed by atoms with van der Waals surface area (Å²) in [5, 5.41) is 28.8. The molecule has 2 heteroatoms. The van der Waals surface area contributed by atoms with Gasteiger partial charge in [0, 0.05) is 22.3 Å². The Bertz CT molecular complexity index is 2440. The molecule has 270 valence electrons. The Hall–Kier alpha value is -4.56. The Kier molecular flexibility index (Phi) is 6.75. The van der Waals surface area contributed by atoms with E-state index in [2.05, 4.69) is 104 Å². The first-order valence-electron chi connectivity index (χ1n) is 21.2. The minimum Gasteiger partial charge on any atom is -0.507 e. The topological polar surface area (TPSA) is 40.5 Å². The Balaban J connectivity index is 0.897. The summed E-state index contributed by atoms with van der Waals surface area (Å²) in [5.41, 5.74) is 8.59. The van der Waals surface area contributed by atoms with Crippen molar-refractivity contribution in [2.24, 2.45) is 46.8 Å². The van der Waals surface area contributed by atoms with Crippen molar-refractivity contribution in [3.05, 3.63) is 120 Å². The first-order valence-corrected chi connectivity index (χ1v) is 21.2. The Labute approximate surface area is 319 Å². The molecule has 0 heterocycles. The monoisotopic (exact) mass is 706 g/mol. The predicted octanol–water partition coefficient (Wildman–Crippen LogP) is 13.5. The summed E-state index contributed by atoms with van der Waals surface area (Å²) < 4.78 is 0. The van der Waals surface area contributed by atoms with Gasteiger partial charge in [0.2, 0.25) is 0 Å². The molecule has 6 aromatic carbocycles. The van der Waals surface area contributed by atoms with Gasteiger partial charge in [-0.05, 0) is 172 Å². The molecule has 0 aromatic heterocycles. The van der Waals surface area contributed by atoms with E-state index >= 15 is 0 Å². The highest BCUT2D eigenvalue weighted by atomic mass is 16.3. The van der Waals surface area contributed by atoms with Crippen LogP contribution < -0.4 is 0 Å². The van der Waals surface area contributed by atoms with Crippen LogP contribution in [0.4, 0.5) is 0 Å². The number of phenolic OH excluding ortho intramolecular Hbond substituents is 2. The van der Waals surface area contributed by atoms with Crippen molar-refractivity contribution < 1.29 is 10.2 Å². The van der Waals surface area contributed by atoms with E-state index < -0.39 is 0 Å². The van der Waals surface area contributed by atoms with Crippen LogP contribution in [0.5, 0.6) is 11.5 Å². The van der Waals surface area contributed by atoms with Crippen LogP contribution in [0.25, 0.3) is 54.9 Å². The van der Waals surface area contributed by atoms with E-state index in [-0.39, 0.29) is 11.5 Å². The normalized spacial score (nSPS) is 33.0. The number of fused-ring (bicyclic) bond motifs is 6. The summed E-state index contributed by atoms with van der Waals surface area (Å²) in [6.07, 6.45) is 12.3. The number of hydrogen-bond donors (Lipinski definition) is 2. The molecule has 0 aliphatic heterocycles. The maximum absolute atomic E-state index is 12.4. The van der Waals surface area contributed by atoms with Crippen LogP contribution in [-0.4, -0.2) is 10.2 Å². The molecule has 0 saturated heterocycles. The molecule has 6 aliphatic carbocycles. The van der Waals surface area contributed by atoms with Gasteiger partial charge in [0.1, 0.15) is 11.5 Å². The van der Waals surface area contributed by atoms with Gasteiger partial charge in [0.25, 0.3) is 0 Å². The van der Waals surface area contributed by atoms with Crippen LogP contribution >= 0.6 is 0 Å². The smallest absolute Gasteiger partial charge is 0.132 e. The molecule has 6 saturated carbocycles. The fraction of sp³-hybridized carbons (Fsp3) is 0.385. The van der Waals surface area contributed by atoms with Gasteiger partial charge in [-0.15, -0.1) is 0 Å². The molecule has 6 fully saturated rings. The lowest BCUT2D eigenvalue weighted by Crippen LogP contribution is -2.23. The average Bonchev–Trinajstić information content (AvgIpc) is 4.10. The molecular weight excluding hydrogens is 657 g/mol. The lowest BCUT2D eigenvalue weighted by Gasteiger charge is -2.34. The highest BCUT2D eigenvalue weighted by Crippen LogP contribution is 2.85. The van der Waals surface area contributed by atoms with Crippen LogP contribution in [0.1, 0.15) is 87.7 Å². The molecule has 6 aromatic rings. The molecule has 0 radical (unpaired) electrons. The second-order valence-electron chi connectivity index (χ2n) is 18.7. The minimum atomic E-state index is 0.218. The SMILES string of the molecule is CC1C2C1C21CCC(c2ccc(-c3cc4ccccc4c(-c4c(O)c(-c5ccc(C6CCC(C7C8CC87)CC6)cc5)cc5ccccc45)c3O)cc2)CC1. The van der Waals surface area contributed by atoms with Gasteiger partial charge in [-0.25, -0.2) is 0 Å². The highest BCUT2D eigenvalue weighted by Gasteiger charge is 2.80. The van der Waals surface area contributed by atoms with Crippen molar-refractivity contribution in [1.29, 1.82) is 0 Å². The van der Waals surface area contributed by atoms with Gasteiger partial charge >= 0.3 is 0 Å². The molecule has 2 nitrogen and oxygen atoms in total. The van der Waals surface area contributed by atoms with Gasteiger partial charge in [-0.3, -0.25) is 0 Å². The first kappa shape index (κ1) is 31.8. The summed E-state index contributed by atoms with van der Waals surface area (Å²) in [6, 6.07) is 38.9. The van der Waals surface area contributed by atoms with E-state index in [0.717, 1.165) is 85.2 Å². The Morgan fingerprint density at radius 1 is 0.537 bits per heavy atom. The molecular formula is C52H50O2. The number of aromatic hydroxyl groups is 2. The molecule has 4 atom stereocenters. The van der Waals surface area contributed by atoms with Crippen LogP contribution in [0, 0.1) is 46.8 Å². The third kappa shape index (κ3) is 4.71. The third-order valence-corrected chi connectivity index (χ3v) is 16.2. The van der Waals surface area contributed by atoms with Crippen molar-refractivity contribution in [2.75, 3.05) is 0 Å². The van der Waals surface area contributed by atoms with Gasteiger partial charge in [-0.1, -0.05) is 104 Å². The molecule has 1 spiro atoms. The molecule has 2 N–H and O–H groups in total. The molecule has 0 amide bonds. The largest absolute Gasteiger partial charge is 0.507 e. The fourth-order valence-corrected chi connectivity index (χ4v) is 13.0. The highest BCUT2D eigenvalue weighted by molar-refractivity contribution is 6.13. The standard InChI is InChI=1S/C52H50O2/c1-29-48-49(29)52(48)24-22-33(23-25-52)32-12-18-35(19-13-32)42-27-38-7-3-5-9-40(38)47(51(42)54)46-39-8-4-2-6-37(39)26-41(50(46)53)34-16-10-30(11-17-34)31-14-20-36(21-15-31)45-43-28-44(43)45/h2-13,16-19,26-27,29,31,33,36,43-45,48-49,53-54H,14-15,20-25,28H2,1H3. The molecule has 0 bridgehead atoms. The third-order valence-electron chi connectivity index (χ3n) is 16.2. The van der Waals surface area contributed by atoms with Crippen LogP contribution in [0.15, 0.2) is 109 Å². The quantitative estimate of drug-likeness (QED) is 0.181. The van der Waals surface area contributed by atoms with Crippen molar-refractivity contribution in [3.63, 3.8) is 0 Å². The number of rotatable bonds is 6. The zero-order chi connectivity index (χ0) is 35.9. The Morgan fingerprint density at radius 2 is 1.00 bits per heavy atom. The minimum absolute atomic E-state index is 0.218. The molecule has 54 heavy (non-hydrogen) atoms. The lowest BCUT2D eigenvalue weighted by molar-refractivity contribution is 0.200. The summed E-state index contributed by atoms with van der Waals surface area (Å²) in [4.78, 5) is 0. The van der Waals surface area contributed by atoms with E-state index in [9.17, 15) is 10.2 Å². The first-order chi connectivity index (χ1) is 26.5. The summed E-state index contributed by atoms with van der Waals surface area (Å²) in [6.45, 7) is 2.44. The molecule has 4 unspecified atom stereocenters. The Morgan fingerprint density at radius 3 is 1.44 bits per heavy atom. The van der Waals surface area contributed by atoms with Crippen LogP contribution in [-0.2, 0) is 0 Å². The summed E-state index contributed by atoms with van der Waals surface area (Å²) >= 11 is 0. The second kappa shape index (κ2) is 11.5. The van der Waals surface area contributed by atoms with E-state index in [1.165, 1.54) is 68.9 Å². The van der Waals surface area contributed by atoms with Gasteiger partial charge in [0.15, 0.2) is 0 Å². The number of hydrogen-bond acceptors (Lipinski definition) is 2. The van der Waals surface area contributed by atoms with E-state index in [1.807, 2.05) is 12.1 Å². The number of benzene rings is 6. The maximum Gasteiger partial charge on any atom is 0.132 e. The van der Waals surface area contributed by atoms with Gasteiger partial charge in [-0.2, -0.15) is 0 Å². The van der Waals surface area contributed by atoms with E-state index in [1.54, 1.807) is 0 Å². The number of phenols is 2. The molecule has 6 aliphatic rings. The van der Waals surface area contributed by atoms with Crippen molar-refractivity contribution in [2.45, 2.75) is 76.5 Å². The van der Waals surface area contributed by atoms with Crippen molar-refractivity contribution in [3.8, 4) is 44.9 Å². The lowest BCUT2D eigenvalue weighted by atomic mass is 9.70.